The zero-order valence-corrected chi connectivity index (χ0v) is 14.8. The van der Waals surface area contributed by atoms with Crippen LogP contribution in [0.5, 0.6) is 0 Å². The highest BCUT2D eigenvalue weighted by Gasteiger charge is 2.26. The number of nitrogens with zero attached hydrogens (tertiary/aromatic N) is 3. The van der Waals surface area contributed by atoms with Gasteiger partial charge in [0.1, 0.15) is 0 Å². The van der Waals surface area contributed by atoms with Crippen LogP contribution in [0.2, 0.25) is 0 Å². The maximum absolute atomic E-state index is 12.7. The molecule has 1 aliphatic heterocycles. The molecule has 2 aromatic heterocycles. The number of imidazole rings is 1. The highest BCUT2D eigenvalue weighted by Crippen LogP contribution is 2.23. The standard InChI is InChI=1S/C18H23N3O2S/c1-14(22)17-10-15(12-24-17)11-18(23)21-7-3-2-4-16(21)5-8-20-9-6-19-13-20/h6,9-10,12-13,16H,2-5,7-8,11H2,1H3/t16-/m0/s1. The smallest absolute Gasteiger partial charge is 0.227 e. The molecule has 3 heterocycles. The van der Waals surface area contributed by atoms with Crippen molar-refractivity contribution in [2.24, 2.45) is 0 Å². The lowest BCUT2D eigenvalue weighted by Gasteiger charge is -2.36. The second kappa shape index (κ2) is 7.75. The van der Waals surface area contributed by atoms with Gasteiger partial charge in [0.2, 0.25) is 5.91 Å². The van der Waals surface area contributed by atoms with Crippen LogP contribution in [-0.2, 0) is 17.8 Å². The molecule has 0 bridgehead atoms. The molecule has 0 saturated carbocycles. The van der Waals surface area contributed by atoms with Gasteiger partial charge in [0, 0.05) is 31.5 Å². The van der Waals surface area contributed by atoms with Crippen LogP contribution in [-0.4, -0.2) is 38.7 Å². The predicted molar refractivity (Wildman–Crippen MR) is 94.2 cm³/mol. The number of rotatable bonds is 6. The Bertz CT molecular complexity index is 693. The van der Waals surface area contributed by atoms with E-state index in [-0.39, 0.29) is 11.7 Å². The first-order valence-electron chi connectivity index (χ1n) is 8.47. The van der Waals surface area contributed by atoms with Crippen LogP contribution < -0.4 is 0 Å². The van der Waals surface area contributed by atoms with Gasteiger partial charge in [-0.2, -0.15) is 0 Å². The maximum Gasteiger partial charge on any atom is 0.227 e. The molecule has 6 heteroatoms. The quantitative estimate of drug-likeness (QED) is 0.756. The number of Topliss-reactive ketones (excluding diaryl/α,β-unsaturated/α-hetero) is 1. The molecule has 0 radical (unpaired) electrons. The number of likely N-dealkylation sites (tertiary alicyclic amines) is 1. The Morgan fingerprint density at radius 3 is 2.96 bits per heavy atom. The van der Waals surface area contributed by atoms with E-state index in [0.717, 1.165) is 42.8 Å². The van der Waals surface area contributed by atoms with E-state index in [1.165, 1.54) is 17.8 Å². The van der Waals surface area contributed by atoms with Crippen molar-refractivity contribution < 1.29 is 9.59 Å². The summed E-state index contributed by atoms with van der Waals surface area (Å²) < 4.78 is 2.06. The molecule has 0 aromatic carbocycles. The number of ketones is 1. The van der Waals surface area contributed by atoms with Gasteiger partial charge in [0.25, 0.3) is 0 Å². The molecule has 0 aliphatic carbocycles. The third-order valence-electron chi connectivity index (χ3n) is 4.58. The van der Waals surface area contributed by atoms with Crippen molar-refractivity contribution in [2.45, 2.75) is 51.6 Å². The summed E-state index contributed by atoms with van der Waals surface area (Å²) >= 11 is 1.43. The van der Waals surface area contributed by atoms with Gasteiger partial charge in [0.05, 0.1) is 17.6 Å². The van der Waals surface area contributed by atoms with Gasteiger partial charge >= 0.3 is 0 Å². The number of piperidine rings is 1. The molecule has 1 fully saturated rings. The molecule has 3 rings (SSSR count). The predicted octanol–water partition coefficient (Wildman–Crippen LogP) is 3.16. The van der Waals surface area contributed by atoms with Crippen molar-refractivity contribution in [3.63, 3.8) is 0 Å². The van der Waals surface area contributed by atoms with Gasteiger partial charge in [-0.25, -0.2) is 4.98 Å². The molecule has 2 aromatic rings. The van der Waals surface area contributed by atoms with Crippen LogP contribution in [0.15, 0.2) is 30.2 Å². The SMILES string of the molecule is CC(=O)c1cc(CC(=O)N2CCCC[C@H]2CCn2ccnc2)cs1. The summed E-state index contributed by atoms with van der Waals surface area (Å²) in [5.41, 5.74) is 0.953. The summed E-state index contributed by atoms with van der Waals surface area (Å²) in [6, 6.07) is 2.16. The topological polar surface area (TPSA) is 55.2 Å². The van der Waals surface area contributed by atoms with Gasteiger partial charge in [-0.3, -0.25) is 9.59 Å². The Morgan fingerprint density at radius 2 is 2.25 bits per heavy atom. The van der Waals surface area contributed by atoms with Crippen LogP contribution in [0, 0.1) is 0 Å². The lowest BCUT2D eigenvalue weighted by atomic mass is 9.98. The first-order chi connectivity index (χ1) is 11.6. The highest BCUT2D eigenvalue weighted by molar-refractivity contribution is 7.12. The minimum Gasteiger partial charge on any atom is -0.339 e. The number of thiophene rings is 1. The van der Waals surface area contributed by atoms with Gasteiger partial charge in [0.15, 0.2) is 5.78 Å². The van der Waals surface area contributed by atoms with Crippen LogP contribution in [0.25, 0.3) is 0 Å². The Labute approximate surface area is 146 Å². The lowest BCUT2D eigenvalue weighted by Crippen LogP contribution is -2.44. The molecular formula is C18H23N3O2S. The van der Waals surface area contributed by atoms with Crippen LogP contribution in [0.4, 0.5) is 0 Å². The van der Waals surface area contributed by atoms with E-state index in [0.29, 0.717) is 12.5 Å². The van der Waals surface area contributed by atoms with Crippen LogP contribution >= 0.6 is 11.3 Å². The zero-order valence-electron chi connectivity index (χ0n) is 14.0. The fraction of sp³-hybridized carbons (Fsp3) is 0.500. The summed E-state index contributed by atoms with van der Waals surface area (Å²) in [5.74, 6) is 0.244. The summed E-state index contributed by atoms with van der Waals surface area (Å²) in [4.78, 5) is 31.0. The van der Waals surface area contributed by atoms with Gasteiger partial charge in [-0.1, -0.05) is 0 Å². The average Bonchev–Trinajstić information content (AvgIpc) is 3.25. The molecule has 1 amide bonds. The summed E-state index contributed by atoms with van der Waals surface area (Å²) in [6.45, 7) is 3.30. The van der Waals surface area contributed by atoms with Crippen molar-refractivity contribution >= 4 is 23.0 Å². The summed E-state index contributed by atoms with van der Waals surface area (Å²) in [5, 5.41) is 1.93. The monoisotopic (exact) mass is 345 g/mol. The Morgan fingerprint density at radius 1 is 1.38 bits per heavy atom. The van der Waals surface area contributed by atoms with E-state index in [1.807, 2.05) is 28.9 Å². The minimum atomic E-state index is 0.0647. The molecule has 0 spiro atoms. The van der Waals surface area contributed by atoms with E-state index in [4.69, 9.17) is 0 Å². The van der Waals surface area contributed by atoms with Crippen molar-refractivity contribution in [1.82, 2.24) is 14.5 Å². The number of hydrogen-bond acceptors (Lipinski definition) is 4. The molecule has 0 N–H and O–H groups in total. The maximum atomic E-state index is 12.7. The largest absolute Gasteiger partial charge is 0.339 e. The molecular weight excluding hydrogens is 322 g/mol. The van der Waals surface area contributed by atoms with Gasteiger partial charge in [-0.05, 0) is 49.6 Å². The fourth-order valence-corrected chi connectivity index (χ4v) is 4.09. The first-order valence-corrected chi connectivity index (χ1v) is 9.35. The second-order valence-electron chi connectivity index (χ2n) is 6.38. The van der Waals surface area contributed by atoms with Gasteiger partial charge < -0.3 is 9.47 Å². The Kier molecular flexibility index (Phi) is 5.45. The minimum absolute atomic E-state index is 0.0647. The van der Waals surface area contributed by atoms with Crippen molar-refractivity contribution in [1.29, 1.82) is 0 Å². The number of carbonyl (C=O) groups is 2. The number of aromatic nitrogens is 2. The number of carbonyl (C=O) groups excluding carboxylic acids is 2. The molecule has 0 unspecified atom stereocenters. The number of aryl methyl sites for hydroxylation is 1. The molecule has 1 saturated heterocycles. The normalized spacial score (nSPS) is 17.9. The number of amides is 1. The average molecular weight is 345 g/mol. The van der Waals surface area contributed by atoms with Crippen molar-refractivity contribution in [3.05, 3.63) is 40.6 Å². The number of hydrogen-bond donors (Lipinski definition) is 0. The molecule has 5 nitrogen and oxygen atoms in total. The third kappa shape index (κ3) is 4.12. The summed E-state index contributed by atoms with van der Waals surface area (Å²) in [6.07, 6.45) is 10.3. The molecule has 128 valence electrons. The zero-order chi connectivity index (χ0) is 16.9. The van der Waals surface area contributed by atoms with Crippen molar-refractivity contribution in [2.75, 3.05) is 6.54 Å². The molecule has 1 aliphatic rings. The Hall–Kier alpha value is -1.95. The van der Waals surface area contributed by atoms with E-state index >= 15 is 0 Å². The first kappa shape index (κ1) is 16.9. The second-order valence-corrected chi connectivity index (χ2v) is 7.29. The van der Waals surface area contributed by atoms with E-state index in [2.05, 4.69) is 9.55 Å². The molecule has 24 heavy (non-hydrogen) atoms. The van der Waals surface area contributed by atoms with E-state index in [1.54, 1.807) is 13.1 Å². The third-order valence-corrected chi connectivity index (χ3v) is 5.66. The van der Waals surface area contributed by atoms with Crippen LogP contribution in [0.3, 0.4) is 0 Å². The van der Waals surface area contributed by atoms with E-state index in [9.17, 15) is 9.59 Å². The van der Waals surface area contributed by atoms with Gasteiger partial charge in [-0.15, -0.1) is 11.3 Å². The van der Waals surface area contributed by atoms with E-state index < -0.39 is 0 Å². The highest BCUT2D eigenvalue weighted by atomic mass is 32.1. The fourth-order valence-electron chi connectivity index (χ4n) is 3.28. The molecule has 1 atom stereocenters. The summed E-state index contributed by atoms with van der Waals surface area (Å²) in [7, 11) is 0. The lowest BCUT2D eigenvalue weighted by molar-refractivity contribution is -0.134. The Balaban J connectivity index is 1.60. The van der Waals surface area contributed by atoms with Crippen LogP contribution in [0.1, 0.15) is 47.8 Å². The van der Waals surface area contributed by atoms with Crippen molar-refractivity contribution in [3.8, 4) is 0 Å².